The summed E-state index contributed by atoms with van der Waals surface area (Å²) in [7, 11) is 0. The van der Waals surface area contributed by atoms with Crippen molar-refractivity contribution < 1.29 is 27.0 Å². The number of ether oxygens (including phenoxy) is 2. The normalized spacial score (nSPS) is 11.1. The molecule has 1 aromatic heterocycles. The van der Waals surface area contributed by atoms with Gasteiger partial charge >= 0.3 is 13.2 Å². The molecule has 0 spiro atoms. The van der Waals surface area contributed by atoms with Gasteiger partial charge in [0, 0.05) is 23.5 Å². The lowest BCUT2D eigenvalue weighted by Gasteiger charge is -2.08. The zero-order valence-corrected chi connectivity index (χ0v) is 12.8. The summed E-state index contributed by atoms with van der Waals surface area (Å²) in [4.78, 5) is 2.99. The number of rotatable bonds is 6. The van der Waals surface area contributed by atoms with Crippen LogP contribution in [0.3, 0.4) is 0 Å². The van der Waals surface area contributed by atoms with Crippen LogP contribution in [0.5, 0.6) is 11.5 Å². The quantitative estimate of drug-likeness (QED) is 0.591. The van der Waals surface area contributed by atoms with Crippen LogP contribution in [0.25, 0.3) is 22.3 Å². The Morgan fingerprint density at radius 2 is 0.960 bits per heavy atom. The maximum absolute atomic E-state index is 12.2. The Kier molecular flexibility index (Phi) is 4.92. The van der Waals surface area contributed by atoms with Gasteiger partial charge in [-0.15, -0.1) is 0 Å². The molecular formula is C18H13F4NO2. The highest BCUT2D eigenvalue weighted by atomic mass is 19.3. The summed E-state index contributed by atoms with van der Waals surface area (Å²) in [5.41, 5.74) is 3.27. The van der Waals surface area contributed by atoms with Crippen molar-refractivity contribution in [3.63, 3.8) is 0 Å². The third-order valence-corrected chi connectivity index (χ3v) is 3.53. The first kappa shape index (κ1) is 16.9. The predicted molar refractivity (Wildman–Crippen MR) is 84.9 cm³/mol. The van der Waals surface area contributed by atoms with Crippen molar-refractivity contribution in [2.24, 2.45) is 0 Å². The van der Waals surface area contributed by atoms with E-state index < -0.39 is 13.2 Å². The highest BCUT2D eigenvalue weighted by Crippen LogP contribution is 2.33. The Hall–Kier alpha value is -2.96. The largest absolute Gasteiger partial charge is 0.435 e. The fourth-order valence-electron chi connectivity index (χ4n) is 2.47. The van der Waals surface area contributed by atoms with Crippen LogP contribution < -0.4 is 9.47 Å². The number of hydrogen-bond acceptors (Lipinski definition) is 2. The first-order valence-electron chi connectivity index (χ1n) is 7.30. The van der Waals surface area contributed by atoms with E-state index in [0.717, 1.165) is 22.3 Å². The average molecular weight is 351 g/mol. The van der Waals surface area contributed by atoms with Crippen LogP contribution in [0.2, 0.25) is 0 Å². The van der Waals surface area contributed by atoms with Gasteiger partial charge in [-0.25, -0.2) is 0 Å². The van der Waals surface area contributed by atoms with E-state index in [0.29, 0.717) is 0 Å². The van der Waals surface area contributed by atoms with Gasteiger partial charge in [-0.1, -0.05) is 24.3 Å². The summed E-state index contributed by atoms with van der Waals surface area (Å²) in [5, 5.41) is 0. The molecule has 0 saturated heterocycles. The van der Waals surface area contributed by atoms with Gasteiger partial charge in [0.2, 0.25) is 0 Å². The minimum absolute atomic E-state index is 0.0735. The minimum Gasteiger partial charge on any atom is -0.435 e. The van der Waals surface area contributed by atoms with Crippen LogP contribution in [-0.4, -0.2) is 18.2 Å². The van der Waals surface area contributed by atoms with Gasteiger partial charge < -0.3 is 14.5 Å². The average Bonchev–Trinajstić information content (AvgIpc) is 3.05. The third-order valence-electron chi connectivity index (χ3n) is 3.53. The monoisotopic (exact) mass is 351 g/mol. The predicted octanol–water partition coefficient (Wildman–Crippen LogP) is 5.55. The fraction of sp³-hybridized carbons (Fsp3) is 0.111. The molecule has 1 N–H and O–H groups in total. The van der Waals surface area contributed by atoms with E-state index in [1.807, 2.05) is 0 Å². The fourth-order valence-corrected chi connectivity index (χ4v) is 2.47. The number of alkyl halides is 4. The smallest absolute Gasteiger partial charge is 0.387 e. The summed E-state index contributed by atoms with van der Waals surface area (Å²) in [6.07, 6.45) is 3.53. The van der Waals surface area contributed by atoms with E-state index in [1.165, 1.54) is 24.3 Å². The van der Waals surface area contributed by atoms with E-state index in [1.54, 1.807) is 36.7 Å². The molecule has 0 unspecified atom stereocenters. The van der Waals surface area contributed by atoms with Gasteiger partial charge in [0.15, 0.2) is 0 Å². The second-order valence-corrected chi connectivity index (χ2v) is 5.09. The molecule has 7 heteroatoms. The van der Waals surface area contributed by atoms with Crippen LogP contribution >= 0.6 is 0 Å². The number of halogens is 4. The van der Waals surface area contributed by atoms with Crippen molar-refractivity contribution >= 4 is 0 Å². The molecule has 0 aliphatic rings. The SMILES string of the molecule is FC(F)Oc1ccc(-c2c[nH]cc2-c2ccc(OC(F)F)cc2)cc1. The first-order valence-corrected chi connectivity index (χ1v) is 7.30. The van der Waals surface area contributed by atoms with E-state index in [-0.39, 0.29) is 11.5 Å². The second-order valence-electron chi connectivity index (χ2n) is 5.09. The molecule has 0 bridgehead atoms. The Labute approximate surface area is 140 Å². The van der Waals surface area contributed by atoms with Crippen molar-refractivity contribution in [1.82, 2.24) is 4.98 Å². The summed E-state index contributed by atoms with van der Waals surface area (Å²) in [6, 6.07) is 12.5. The van der Waals surface area contributed by atoms with Crippen LogP contribution in [-0.2, 0) is 0 Å². The molecule has 3 rings (SSSR count). The lowest BCUT2D eigenvalue weighted by Crippen LogP contribution is -2.01. The van der Waals surface area contributed by atoms with Gasteiger partial charge in [-0.2, -0.15) is 17.6 Å². The summed E-state index contributed by atoms with van der Waals surface area (Å²) < 4.78 is 57.5. The van der Waals surface area contributed by atoms with Crippen molar-refractivity contribution in [3.05, 3.63) is 60.9 Å². The molecule has 1 heterocycles. The van der Waals surface area contributed by atoms with Gasteiger partial charge in [0.05, 0.1) is 0 Å². The van der Waals surface area contributed by atoms with E-state index in [2.05, 4.69) is 14.5 Å². The number of benzene rings is 2. The van der Waals surface area contributed by atoms with Crippen LogP contribution in [0.4, 0.5) is 17.6 Å². The summed E-state index contributed by atoms with van der Waals surface area (Å²) in [6.45, 7) is -5.75. The molecule has 0 amide bonds. The molecule has 0 saturated carbocycles. The standard InChI is InChI=1S/C18H13F4NO2/c19-17(20)24-13-5-1-11(2-6-13)15-9-23-10-16(15)12-3-7-14(8-4-12)25-18(21)22/h1-10,17-18,23H. The third kappa shape index (κ3) is 4.12. The first-order chi connectivity index (χ1) is 12.0. The molecule has 0 fully saturated rings. The van der Waals surface area contributed by atoms with Crippen molar-refractivity contribution in [2.75, 3.05) is 0 Å². The van der Waals surface area contributed by atoms with Crippen LogP contribution in [0, 0.1) is 0 Å². The summed E-state index contributed by atoms with van der Waals surface area (Å²) in [5.74, 6) is 0.147. The Balaban J connectivity index is 1.85. The highest BCUT2D eigenvalue weighted by molar-refractivity contribution is 5.83. The molecule has 0 aliphatic carbocycles. The molecule has 3 aromatic rings. The second kappa shape index (κ2) is 7.29. The zero-order chi connectivity index (χ0) is 17.8. The van der Waals surface area contributed by atoms with Gasteiger partial charge in [0.1, 0.15) is 11.5 Å². The van der Waals surface area contributed by atoms with Crippen LogP contribution in [0.15, 0.2) is 60.9 Å². The van der Waals surface area contributed by atoms with E-state index in [4.69, 9.17) is 0 Å². The molecule has 0 radical (unpaired) electrons. The van der Waals surface area contributed by atoms with E-state index in [9.17, 15) is 17.6 Å². The van der Waals surface area contributed by atoms with Gasteiger partial charge in [0.25, 0.3) is 0 Å². The maximum atomic E-state index is 12.2. The molecular weight excluding hydrogens is 338 g/mol. The van der Waals surface area contributed by atoms with Gasteiger partial charge in [-0.05, 0) is 35.4 Å². The number of aromatic amines is 1. The van der Waals surface area contributed by atoms with Gasteiger partial charge in [-0.3, -0.25) is 0 Å². The number of nitrogens with one attached hydrogen (secondary N) is 1. The lowest BCUT2D eigenvalue weighted by molar-refractivity contribution is -0.0505. The van der Waals surface area contributed by atoms with Crippen molar-refractivity contribution in [1.29, 1.82) is 0 Å². The molecule has 0 atom stereocenters. The molecule has 25 heavy (non-hydrogen) atoms. The Bertz CT molecular complexity index is 746. The van der Waals surface area contributed by atoms with Crippen molar-refractivity contribution in [2.45, 2.75) is 13.2 Å². The van der Waals surface area contributed by atoms with Crippen LogP contribution in [0.1, 0.15) is 0 Å². The van der Waals surface area contributed by atoms with Crippen molar-refractivity contribution in [3.8, 4) is 33.8 Å². The number of aromatic nitrogens is 1. The maximum Gasteiger partial charge on any atom is 0.387 e. The summed E-state index contributed by atoms with van der Waals surface area (Å²) >= 11 is 0. The molecule has 3 nitrogen and oxygen atoms in total. The minimum atomic E-state index is -2.87. The Morgan fingerprint density at radius 3 is 1.28 bits per heavy atom. The Morgan fingerprint density at radius 1 is 0.600 bits per heavy atom. The topological polar surface area (TPSA) is 34.2 Å². The molecule has 0 aliphatic heterocycles. The van der Waals surface area contributed by atoms with E-state index >= 15 is 0 Å². The molecule has 130 valence electrons. The zero-order valence-electron chi connectivity index (χ0n) is 12.8. The number of H-pyrrole nitrogens is 1. The number of hydrogen-bond donors (Lipinski definition) is 1. The highest BCUT2D eigenvalue weighted by Gasteiger charge is 2.11. The lowest BCUT2D eigenvalue weighted by atomic mass is 9.99. The molecule has 2 aromatic carbocycles.